The summed E-state index contributed by atoms with van der Waals surface area (Å²) in [6, 6.07) is 29.1. The summed E-state index contributed by atoms with van der Waals surface area (Å²) in [6.07, 6.45) is 0.287. The normalized spacial score (nSPS) is 12.3. The van der Waals surface area contributed by atoms with Gasteiger partial charge in [0.1, 0.15) is 19.0 Å². The molecule has 172 valence electrons. The van der Waals surface area contributed by atoms with Crippen LogP contribution in [0.5, 0.6) is 5.75 Å². The fourth-order valence-electron chi connectivity index (χ4n) is 3.43. The maximum Gasteiger partial charge on any atom is 0.306 e. The highest BCUT2D eigenvalue weighted by atomic mass is 16.6. The smallest absolute Gasteiger partial charge is 0.306 e. The molecule has 0 aliphatic carbocycles. The van der Waals surface area contributed by atoms with E-state index in [1.165, 1.54) is 0 Å². The Kier molecular flexibility index (Phi) is 7.50. The molecule has 0 amide bonds. The van der Waals surface area contributed by atoms with Crippen molar-refractivity contribution in [1.82, 2.24) is 4.98 Å². The minimum absolute atomic E-state index is 0.268. The molecule has 0 fully saturated rings. The summed E-state index contributed by atoms with van der Waals surface area (Å²) in [6.45, 7) is 2.31. The SMILES string of the molecule is CC(CC(=NOCc1ccc(OCc2ccc3ccccc3n2)cc1)c1ccccc1)C(=O)O. The highest BCUT2D eigenvalue weighted by Gasteiger charge is 2.16. The topological polar surface area (TPSA) is 81.0 Å². The number of para-hydroxylation sites is 1. The molecule has 0 saturated heterocycles. The third-order valence-electron chi connectivity index (χ3n) is 5.40. The highest BCUT2D eigenvalue weighted by molar-refractivity contribution is 6.01. The van der Waals surface area contributed by atoms with Gasteiger partial charge in [-0.2, -0.15) is 0 Å². The monoisotopic (exact) mass is 454 g/mol. The van der Waals surface area contributed by atoms with Gasteiger partial charge in [-0.3, -0.25) is 4.79 Å². The van der Waals surface area contributed by atoms with E-state index < -0.39 is 11.9 Å². The predicted molar refractivity (Wildman–Crippen MR) is 132 cm³/mol. The first-order valence-corrected chi connectivity index (χ1v) is 11.1. The van der Waals surface area contributed by atoms with Crippen LogP contribution < -0.4 is 4.74 Å². The lowest BCUT2D eigenvalue weighted by atomic mass is 9.99. The third-order valence-corrected chi connectivity index (χ3v) is 5.40. The van der Waals surface area contributed by atoms with Crippen molar-refractivity contribution in [3.05, 3.63) is 108 Å². The zero-order valence-electron chi connectivity index (χ0n) is 18.9. The van der Waals surface area contributed by atoms with Gasteiger partial charge >= 0.3 is 5.97 Å². The molecule has 1 heterocycles. The molecule has 6 heteroatoms. The number of benzene rings is 3. The van der Waals surface area contributed by atoms with Crippen molar-refractivity contribution in [2.24, 2.45) is 11.1 Å². The molecule has 1 aromatic heterocycles. The number of carboxylic acid groups (broad SMARTS) is 1. The van der Waals surface area contributed by atoms with Crippen LogP contribution in [0.1, 0.15) is 30.2 Å². The predicted octanol–water partition coefficient (Wildman–Crippen LogP) is 5.85. The lowest BCUT2D eigenvalue weighted by Gasteiger charge is -2.10. The van der Waals surface area contributed by atoms with E-state index in [9.17, 15) is 9.90 Å². The number of oxime groups is 1. The minimum atomic E-state index is -0.863. The zero-order chi connectivity index (χ0) is 23.8. The summed E-state index contributed by atoms with van der Waals surface area (Å²) in [5.74, 6) is -0.684. The van der Waals surface area contributed by atoms with Gasteiger partial charge in [-0.1, -0.05) is 78.8 Å². The van der Waals surface area contributed by atoms with Crippen LogP contribution in [0.4, 0.5) is 0 Å². The molecule has 0 aliphatic rings. The van der Waals surface area contributed by atoms with Crippen LogP contribution in [-0.2, 0) is 22.8 Å². The molecule has 0 radical (unpaired) electrons. The molecule has 3 aromatic carbocycles. The molecule has 4 rings (SSSR count). The van der Waals surface area contributed by atoms with Crippen LogP contribution in [0.15, 0.2) is 96.2 Å². The van der Waals surface area contributed by atoms with E-state index in [0.717, 1.165) is 33.5 Å². The van der Waals surface area contributed by atoms with Crippen LogP contribution >= 0.6 is 0 Å². The number of hydrogen-bond donors (Lipinski definition) is 1. The average molecular weight is 455 g/mol. The van der Waals surface area contributed by atoms with Gasteiger partial charge in [0.15, 0.2) is 0 Å². The van der Waals surface area contributed by atoms with E-state index >= 15 is 0 Å². The van der Waals surface area contributed by atoms with Crippen molar-refractivity contribution < 1.29 is 19.5 Å². The lowest BCUT2D eigenvalue weighted by Crippen LogP contribution is -2.15. The summed E-state index contributed by atoms with van der Waals surface area (Å²) in [4.78, 5) is 21.5. The van der Waals surface area contributed by atoms with Crippen molar-refractivity contribution in [3.63, 3.8) is 0 Å². The highest BCUT2D eigenvalue weighted by Crippen LogP contribution is 2.17. The molecule has 1 unspecified atom stereocenters. The van der Waals surface area contributed by atoms with Gasteiger partial charge in [0.05, 0.1) is 22.8 Å². The van der Waals surface area contributed by atoms with Crippen LogP contribution in [0, 0.1) is 5.92 Å². The number of rotatable bonds is 10. The van der Waals surface area contributed by atoms with Crippen LogP contribution in [0.3, 0.4) is 0 Å². The van der Waals surface area contributed by atoms with Crippen molar-refractivity contribution in [2.45, 2.75) is 26.6 Å². The number of aliphatic carboxylic acids is 1. The van der Waals surface area contributed by atoms with Gasteiger partial charge in [0.25, 0.3) is 0 Å². The van der Waals surface area contributed by atoms with E-state index in [4.69, 9.17) is 9.57 Å². The molecule has 34 heavy (non-hydrogen) atoms. The molecular weight excluding hydrogens is 428 g/mol. The van der Waals surface area contributed by atoms with E-state index in [0.29, 0.717) is 12.3 Å². The standard InChI is InChI=1S/C28H26N2O4/c1-20(28(31)32)17-27(22-7-3-2-4-8-22)30-34-18-21-11-15-25(16-12-21)33-19-24-14-13-23-9-5-6-10-26(23)29-24/h2-16,20H,17-19H2,1H3,(H,31,32). The van der Waals surface area contributed by atoms with Gasteiger partial charge in [0, 0.05) is 11.8 Å². The Balaban J connectivity index is 1.34. The summed E-state index contributed by atoms with van der Waals surface area (Å²) < 4.78 is 5.88. The third kappa shape index (κ3) is 6.19. The quantitative estimate of drug-likeness (QED) is 0.240. The van der Waals surface area contributed by atoms with E-state index in [1.807, 2.05) is 91.0 Å². The summed E-state index contributed by atoms with van der Waals surface area (Å²) in [5, 5.41) is 14.6. The number of ether oxygens (including phenoxy) is 1. The summed E-state index contributed by atoms with van der Waals surface area (Å²) in [5.41, 5.74) is 4.20. The Hall–Kier alpha value is -4.19. The van der Waals surface area contributed by atoms with E-state index in [-0.39, 0.29) is 13.0 Å². The fourth-order valence-corrected chi connectivity index (χ4v) is 3.43. The Bertz CT molecular complexity index is 1270. The number of carboxylic acids is 1. The first kappa shape index (κ1) is 23.0. The molecule has 1 N–H and O–H groups in total. The zero-order valence-corrected chi connectivity index (χ0v) is 18.9. The van der Waals surface area contributed by atoms with Crippen molar-refractivity contribution in [3.8, 4) is 5.75 Å². The number of nitrogens with zero attached hydrogens (tertiary/aromatic N) is 2. The van der Waals surface area contributed by atoms with Crippen LogP contribution in [0.2, 0.25) is 0 Å². The van der Waals surface area contributed by atoms with Crippen molar-refractivity contribution >= 4 is 22.6 Å². The second kappa shape index (κ2) is 11.1. The van der Waals surface area contributed by atoms with Gasteiger partial charge in [-0.25, -0.2) is 4.98 Å². The van der Waals surface area contributed by atoms with Crippen LogP contribution in [0.25, 0.3) is 10.9 Å². The minimum Gasteiger partial charge on any atom is -0.487 e. The molecule has 6 nitrogen and oxygen atoms in total. The first-order valence-electron chi connectivity index (χ1n) is 11.1. The van der Waals surface area contributed by atoms with Gasteiger partial charge in [0.2, 0.25) is 0 Å². The van der Waals surface area contributed by atoms with Gasteiger partial charge < -0.3 is 14.7 Å². The number of hydrogen-bond acceptors (Lipinski definition) is 5. The second-order valence-corrected chi connectivity index (χ2v) is 8.05. The first-order chi connectivity index (χ1) is 16.6. The molecule has 0 bridgehead atoms. The largest absolute Gasteiger partial charge is 0.487 e. The maximum atomic E-state index is 11.3. The van der Waals surface area contributed by atoms with Gasteiger partial charge in [-0.15, -0.1) is 0 Å². The summed E-state index contributed by atoms with van der Waals surface area (Å²) >= 11 is 0. The summed E-state index contributed by atoms with van der Waals surface area (Å²) in [7, 11) is 0. The molecule has 0 spiro atoms. The van der Waals surface area contributed by atoms with Crippen molar-refractivity contribution in [2.75, 3.05) is 0 Å². The number of pyridine rings is 1. The maximum absolute atomic E-state index is 11.3. The number of carbonyl (C=O) groups is 1. The second-order valence-electron chi connectivity index (χ2n) is 8.05. The van der Waals surface area contributed by atoms with E-state index in [1.54, 1.807) is 6.92 Å². The number of aromatic nitrogens is 1. The molecule has 0 aliphatic heterocycles. The molecule has 4 aromatic rings. The van der Waals surface area contributed by atoms with Crippen LogP contribution in [-0.4, -0.2) is 21.8 Å². The lowest BCUT2D eigenvalue weighted by molar-refractivity contribution is -0.140. The van der Waals surface area contributed by atoms with Crippen molar-refractivity contribution in [1.29, 1.82) is 0 Å². The Labute approximate surface area is 198 Å². The Morgan fingerprint density at radius 2 is 1.65 bits per heavy atom. The Morgan fingerprint density at radius 3 is 2.41 bits per heavy atom. The fraction of sp³-hybridized carbons (Fsp3) is 0.179. The molecule has 0 saturated carbocycles. The Morgan fingerprint density at radius 1 is 0.912 bits per heavy atom. The number of fused-ring (bicyclic) bond motifs is 1. The van der Waals surface area contributed by atoms with Gasteiger partial charge in [-0.05, 0) is 35.4 Å². The molecular formula is C28H26N2O4. The molecule has 1 atom stereocenters. The average Bonchev–Trinajstić information content (AvgIpc) is 2.88. The van der Waals surface area contributed by atoms with E-state index in [2.05, 4.69) is 10.1 Å².